The van der Waals surface area contributed by atoms with Gasteiger partial charge in [0, 0.05) is 10.9 Å². The Balaban J connectivity index is 1.70. The molecule has 0 fully saturated rings. The fourth-order valence-electron chi connectivity index (χ4n) is 2.21. The van der Waals surface area contributed by atoms with E-state index in [1.807, 2.05) is 6.07 Å². The van der Waals surface area contributed by atoms with Gasteiger partial charge in [0.25, 0.3) is 5.91 Å². The minimum Gasteiger partial charge on any atom is -0.459 e. The number of aromatic nitrogens is 2. The molecule has 3 rings (SSSR count). The molecule has 1 aromatic heterocycles. The van der Waals surface area contributed by atoms with Crippen molar-refractivity contribution in [2.75, 3.05) is 5.32 Å². The first-order valence-corrected chi connectivity index (χ1v) is 9.03. The summed E-state index contributed by atoms with van der Waals surface area (Å²) in [5, 5.41) is 3.01. The van der Waals surface area contributed by atoms with Crippen LogP contribution in [0.3, 0.4) is 0 Å². The third-order valence-corrected chi connectivity index (χ3v) is 4.23. The van der Waals surface area contributed by atoms with Gasteiger partial charge in [0.2, 0.25) is 0 Å². The van der Waals surface area contributed by atoms with Crippen LogP contribution in [0.25, 0.3) is 0 Å². The van der Waals surface area contributed by atoms with Crippen LogP contribution in [0.2, 0.25) is 0 Å². The van der Waals surface area contributed by atoms with Crippen LogP contribution < -0.4 is 10.1 Å². The van der Waals surface area contributed by atoms with E-state index in [1.54, 1.807) is 30.3 Å². The molecule has 0 radical (unpaired) electrons. The quantitative estimate of drug-likeness (QED) is 0.582. The lowest BCUT2D eigenvalue weighted by Crippen LogP contribution is -2.15. The second kappa shape index (κ2) is 8.68. The number of carbonyl (C=O) groups is 1. The number of carbonyl (C=O) groups excluding carboxylic acids is 1. The highest BCUT2D eigenvalue weighted by atomic mass is 79.9. The number of hydrogen-bond acceptors (Lipinski definition) is 4. The second-order valence-electron chi connectivity index (χ2n) is 5.55. The third-order valence-electron chi connectivity index (χ3n) is 3.58. The predicted octanol–water partition coefficient (Wildman–Crippen LogP) is 4.48. The number of rotatable bonds is 6. The molecule has 27 heavy (non-hydrogen) atoms. The van der Waals surface area contributed by atoms with E-state index in [4.69, 9.17) is 4.74 Å². The van der Waals surface area contributed by atoms with Crippen molar-refractivity contribution in [1.82, 2.24) is 9.97 Å². The van der Waals surface area contributed by atoms with Gasteiger partial charge in [0.05, 0.1) is 6.20 Å². The Morgan fingerprint density at radius 3 is 2.63 bits per heavy atom. The maximum atomic E-state index is 14.0. The van der Waals surface area contributed by atoms with E-state index in [-0.39, 0.29) is 24.3 Å². The molecule has 0 bridgehead atoms. The number of benzene rings is 2. The van der Waals surface area contributed by atoms with E-state index >= 15 is 0 Å². The van der Waals surface area contributed by atoms with Crippen molar-refractivity contribution in [2.45, 2.75) is 11.9 Å². The standard InChI is InChI=1S/C19H14BrF2N3O2/c20-9-13-2-1-3-14(8-13)18(26)24-17-16(22)10-23-19(25-17)27-11-12-4-6-15(21)7-5-12/h1-8,10H,9,11H2,(H,23,24,25,26). The SMILES string of the molecule is O=C(Nc1nc(OCc2ccc(F)cc2)ncc1F)c1cccc(CBr)c1. The summed E-state index contributed by atoms with van der Waals surface area (Å²) in [5.74, 6) is -1.92. The Morgan fingerprint density at radius 2 is 1.89 bits per heavy atom. The van der Waals surface area contributed by atoms with Crippen molar-refractivity contribution in [3.05, 3.63) is 83.1 Å². The van der Waals surface area contributed by atoms with E-state index < -0.39 is 11.7 Å². The zero-order valence-corrected chi connectivity index (χ0v) is 15.5. The molecule has 0 saturated heterocycles. The zero-order chi connectivity index (χ0) is 19.2. The van der Waals surface area contributed by atoms with Gasteiger partial charge in [-0.15, -0.1) is 0 Å². The van der Waals surface area contributed by atoms with E-state index in [0.717, 1.165) is 11.8 Å². The molecular weight excluding hydrogens is 420 g/mol. The number of ether oxygens (including phenoxy) is 1. The molecule has 0 aliphatic heterocycles. The normalized spacial score (nSPS) is 10.5. The Bertz CT molecular complexity index is 952. The zero-order valence-electron chi connectivity index (χ0n) is 14.0. The summed E-state index contributed by atoms with van der Waals surface area (Å²) in [6.45, 7) is 0.0760. The number of amides is 1. The molecule has 8 heteroatoms. The largest absolute Gasteiger partial charge is 0.459 e. The van der Waals surface area contributed by atoms with Crippen molar-refractivity contribution in [3.8, 4) is 6.01 Å². The van der Waals surface area contributed by atoms with Gasteiger partial charge in [-0.1, -0.05) is 40.2 Å². The monoisotopic (exact) mass is 433 g/mol. The molecule has 0 unspecified atom stereocenters. The fraction of sp³-hybridized carbons (Fsp3) is 0.105. The molecule has 3 aromatic rings. The summed E-state index contributed by atoms with van der Waals surface area (Å²) in [4.78, 5) is 20.0. The van der Waals surface area contributed by atoms with Crippen molar-refractivity contribution in [1.29, 1.82) is 0 Å². The maximum Gasteiger partial charge on any atom is 0.318 e. The van der Waals surface area contributed by atoms with Gasteiger partial charge < -0.3 is 10.1 Å². The van der Waals surface area contributed by atoms with E-state index in [9.17, 15) is 13.6 Å². The molecule has 0 spiro atoms. The van der Waals surface area contributed by atoms with E-state index in [1.165, 1.54) is 12.1 Å². The second-order valence-corrected chi connectivity index (χ2v) is 6.11. The molecule has 0 saturated carbocycles. The van der Waals surface area contributed by atoms with Gasteiger partial charge in [-0.2, -0.15) is 4.98 Å². The predicted molar refractivity (Wildman–Crippen MR) is 99.7 cm³/mol. The highest BCUT2D eigenvalue weighted by molar-refractivity contribution is 9.08. The average molecular weight is 434 g/mol. The van der Waals surface area contributed by atoms with Crippen molar-refractivity contribution < 1.29 is 18.3 Å². The summed E-state index contributed by atoms with van der Waals surface area (Å²) in [6, 6.07) is 12.5. The lowest BCUT2D eigenvalue weighted by molar-refractivity contribution is 0.102. The van der Waals surface area contributed by atoms with Crippen molar-refractivity contribution in [3.63, 3.8) is 0 Å². The first-order valence-electron chi connectivity index (χ1n) is 7.91. The Labute approximate surface area is 162 Å². The van der Waals surface area contributed by atoms with Crippen LogP contribution in [0.5, 0.6) is 6.01 Å². The molecule has 0 aliphatic carbocycles. The molecule has 2 aromatic carbocycles. The van der Waals surface area contributed by atoms with Gasteiger partial charge in [-0.3, -0.25) is 4.79 Å². The fourth-order valence-corrected chi connectivity index (χ4v) is 2.56. The van der Waals surface area contributed by atoms with Gasteiger partial charge in [0.1, 0.15) is 12.4 Å². The summed E-state index contributed by atoms with van der Waals surface area (Å²) >= 11 is 3.32. The number of alkyl halides is 1. The molecule has 1 amide bonds. The van der Waals surface area contributed by atoms with E-state index in [2.05, 4.69) is 31.2 Å². The highest BCUT2D eigenvalue weighted by Crippen LogP contribution is 2.17. The molecule has 138 valence electrons. The van der Waals surface area contributed by atoms with Crippen LogP contribution >= 0.6 is 15.9 Å². The highest BCUT2D eigenvalue weighted by Gasteiger charge is 2.13. The van der Waals surface area contributed by atoms with Gasteiger partial charge in [0.15, 0.2) is 11.6 Å². The van der Waals surface area contributed by atoms with Crippen LogP contribution in [0, 0.1) is 11.6 Å². The number of hydrogen-bond donors (Lipinski definition) is 1. The number of nitrogens with one attached hydrogen (secondary N) is 1. The van der Waals surface area contributed by atoms with Crippen LogP contribution in [0.15, 0.2) is 54.7 Å². The molecule has 0 aliphatic rings. The first kappa shape index (κ1) is 18.9. The van der Waals surface area contributed by atoms with Crippen LogP contribution in [0.4, 0.5) is 14.6 Å². The Kier molecular flexibility index (Phi) is 6.08. The summed E-state index contributed by atoms with van der Waals surface area (Å²) in [7, 11) is 0. The van der Waals surface area contributed by atoms with E-state index in [0.29, 0.717) is 16.5 Å². The summed E-state index contributed by atoms with van der Waals surface area (Å²) in [5.41, 5.74) is 1.98. The third kappa shape index (κ3) is 5.07. The molecule has 5 nitrogen and oxygen atoms in total. The molecule has 1 heterocycles. The smallest absolute Gasteiger partial charge is 0.318 e. The number of nitrogens with zero attached hydrogens (tertiary/aromatic N) is 2. The minimum absolute atomic E-state index is 0.0760. The summed E-state index contributed by atoms with van der Waals surface area (Å²) < 4.78 is 32.2. The summed E-state index contributed by atoms with van der Waals surface area (Å²) in [6.07, 6.45) is 0.914. The van der Waals surface area contributed by atoms with Gasteiger partial charge in [-0.25, -0.2) is 13.8 Å². The first-order chi connectivity index (χ1) is 13.0. The van der Waals surface area contributed by atoms with Gasteiger partial charge in [-0.05, 0) is 35.4 Å². The molecular formula is C19H14BrF2N3O2. The topological polar surface area (TPSA) is 64.1 Å². The minimum atomic E-state index is -0.783. The van der Waals surface area contributed by atoms with Crippen LogP contribution in [-0.2, 0) is 11.9 Å². The number of halogens is 3. The number of anilines is 1. The lowest BCUT2D eigenvalue weighted by Gasteiger charge is -2.09. The lowest BCUT2D eigenvalue weighted by atomic mass is 10.1. The van der Waals surface area contributed by atoms with Crippen LogP contribution in [0.1, 0.15) is 21.5 Å². The van der Waals surface area contributed by atoms with Crippen molar-refractivity contribution >= 4 is 27.7 Å². The molecule has 1 N–H and O–H groups in total. The van der Waals surface area contributed by atoms with Crippen LogP contribution in [-0.4, -0.2) is 15.9 Å². The Morgan fingerprint density at radius 1 is 1.11 bits per heavy atom. The van der Waals surface area contributed by atoms with Crippen molar-refractivity contribution in [2.24, 2.45) is 0 Å². The average Bonchev–Trinajstić information content (AvgIpc) is 2.69. The molecule has 0 atom stereocenters. The maximum absolute atomic E-state index is 14.0. The Hall–Kier alpha value is -2.87. The van der Waals surface area contributed by atoms with Gasteiger partial charge >= 0.3 is 6.01 Å².